The normalized spacial score (nSPS) is 32.3. The van der Waals surface area contributed by atoms with E-state index in [4.69, 9.17) is 78.0 Å². The Morgan fingerprint density at radius 2 is 0.750 bits per heavy atom. The van der Waals surface area contributed by atoms with Gasteiger partial charge in [-0.25, -0.2) is 4.79 Å². The molecule has 0 saturated carbocycles. The van der Waals surface area contributed by atoms with Gasteiger partial charge >= 0.3 is 5.97 Å². The highest BCUT2D eigenvalue weighted by Gasteiger charge is 2.54. The Labute approximate surface area is 576 Å². The van der Waals surface area contributed by atoms with E-state index >= 15 is 9.59 Å². The monoisotopic (exact) mass is 1470 g/mol. The number of nitrogens with two attached hydrogens (primary N) is 7. The Kier molecular flexibility index (Phi) is 36.3. The second-order valence-corrected chi connectivity index (χ2v) is 24.9. The topological polar surface area (TPSA) is 759 Å². The summed E-state index contributed by atoms with van der Waals surface area (Å²) in [4.78, 5) is 97.3. The quantitative estimate of drug-likeness (QED) is 0.0154. The van der Waals surface area contributed by atoms with E-state index in [2.05, 4.69) is 41.6 Å². The van der Waals surface area contributed by atoms with Gasteiger partial charge in [0, 0.05) is 19.6 Å². The van der Waals surface area contributed by atoms with Crippen molar-refractivity contribution < 1.29 is 143 Å². The van der Waals surface area contributed by atoms with Crippen LogP contribution in [-0.2, 0) is 66.7 Å². The van der Waals surface area contributed by atoms with E-state index < -0.39 is 246 Å². The molecule has 0 aromatic heterocycles. The third-order valence-corrected chi connectivity index (χ3v) is 17.0. The van der Waals surface area contributed by atoms with Crippen molar-refractivity contribution >= 4 is 65.1 Å². The largest absolute Gasteiger partial charge is 0.480 e. The maximum absolute atomic E-state index is 15.2. The van der Waals surface area contributed by atoms with Crippen LogP contribution >= 0.6 is 11.8 Å². The van der Waals surface area contributed by atoms with Crippen LogP contribution in [0.25, 0.3) is 0 Å². The summed E-state index contributed by atoms with van der Waals surface area (Å²) in [6.07, 6.45) is -41.9. The molecule has 100 heavy (non-hydrogen) atoms. The van der Waals surface area contributed by atoms with Gasteiger partial charge in [0.05, 0.1) is 44.7 Å². The standard InChI is InChI=1S/C55H101N15O29S/c1-19(92-49-39(83)35(79)41(27(17-73)96-49)98-51-37(81)33(77)31(75)25(15-71)94-51)29(69-44(86)22(7-4-11-63-53(57)58)66-43(85)21(56)10-14-100-3)46(88)67-23(8-5-12-64-54(59)60)45(87)70-30(47(89)68-24(48(90)91)9-6-13-65-55(61)62)20(2)93-50-40(84)36(80)42(28(18-74)97-50)99-52-38(82)34(78)32(76)26(16-72)95-52/h19-42,49-52,71-84H,4-18,56H2,1-3H3,(H,66,85)(H,67,88)(H,68,89)(H,69,86)(H,70,87)(H,90,91)(H4,57,58,63)(H4,59,60,64)(H4,61,62,65)/t19-,20-,21+,22+,23+,24+,25-,26-,27-,28-,29+,30+,31+,32+,33+,34+,35-,36-,37-,38-,39-,40-,41-,42-,49+,50+,51+,52+/m1/s1. The molecule has 0 unspecified atom stereocenters. The lowest BCUT2D eigenvalue weighted by Crippen LogP contribution is -2.66. The van der Waals surface area contributed by atoms with Gasteiger partial charge in [-0.05, 0) is 70.8 Å². The molecule has 45 heteroatoms. The van der Waals surface area contributed by atoms with Gasteiger partial charge in [-0.3, -0.25) is 38.9 Å². The summed E-state index contributed by atoms with van der Waals surface area (Å²) in [6, 6.07) is -10.7. The minimum Gasteiger partial charge on any atom is -0.480 e. The molecule has 0 spiro atoms. The molecule has 4 fully saturated rings. The number of hydrogen-bond acceptors (Lipinski definition) is 33. The first-order valence-electron chi connectivity index (χ1n) is 31.8. The zero-order valence-electron chi connectivity index (χ0n) is 55.0. The van der Waals surface area contributed by atoms with Gasteiger partial charge < -0.3 is 181 Å². The minimum absolute atomic E-state index is 0.00312. The molecule has 0 bridgehead atoms. The number of amides is 5. The number of thioether (sulfide) groups is 1. The molecule has 0 aromatic rings. The summed E-state index contributed by atoms with van der Waals surface area (Å²) >= 11 is 1.37. The summed E-state index contributed by atoms with van der Waals surface area (Å²) in [7, 11) is 0. The van der Waals surface area contributed by atoms with Crippen LogP contribution in [0.5, 0.6) is 0 Å². The van der Waals surface area contributed by atoms with Crippen LogP contribution in [0.1, 0.15) is 58.8 Å². The average Bonchev–Trinajstić information content (AvgIpc) is 0.791. The molecule has 576 valence electrons. The fraction of sp³-hybridized carbons (Fsp3) is 0.836. The summed E-state index contributed by atoms with van der Waals surface area (Å²) in [6.45, 7) is -2.14. The second kappa shape index (κ2) is 42.0. The molecular weight excluding hydrogens is 1370 g/mol. The van der Waals surface area contributed by atoms with Crippen LogP contribution in [0.3, 0.4) is 0 Å². The number of aliphatic hydroxyl groups is 14. The number of guanidine groups is 3. The molecule has 0 aromatic carbocycles. The number of aliphatic hydroxyl groups excluding tert-OH is 14. The van der Waals surface area contributed by atoms with Crippen LogP contribution in [0, 0.1) is 0 Å². The van der Waals surface area contributed by atoms with Crippen LogP contribution in [0.2, 0.25) is 0 Å². The van der Waals surface area contributed by atoms with E-state index in [0.29, 0.717) is 5.75 Å². The zero-order chi connectivity index (χ0) is 75.0. The molecule has 4 aliphatic rings. The maximum Gasteiger partial charge on any atom is 0.326 e. The first-order chi connectivity index (χ1) is 47.2. The molecule has 4 heterocycles. The Hall–Kier alpha value is -5.94. The van der Waals surface area contributed by atoms with Crippen molar-refractivity contribution in [3.05, 3.63) is 0 Å². The van der Waals surface area contributed by atoms with E-state index in [9.17, 15) is 95.8 Å². The van der Waals surface area contributed by atoms with Crippen LogP contribution in [0.4, 0.5) is 0 Å². The first-order valence-corrected chi connectivity index (χ1v) is 33.2. The smallest absolute Gasteiger partial charge is 0.326 e. The van der Waals surface area contributed by atoms with E-state index in [1.54, 1.807) is 6.26 Å². The lowest BCUT2D eigenvalue weighted by atomic mass is 9.97. The maximum atomic E-state index is 15.2. The van der Waals surface area contributed by atoms with Crippen molar-refractivity contribution in [3.63, 3.8) is 0 Å². The number of carbonyl (C=O) groups excluding carboxylic acids is 5. The number of aliphatic imine (C=N–C) groups is 3. The molecule has 28 atom stereocenters. The van der Waals surface area contributed by atoms with Crippen molar-refractivity contribution in [1.82, 2.24) is 26.6 Å². The molecule has 44 nitrogen and oxygen atoms in total. The number of nitrogens with one attached hydrogen (secondary N) is 5. The minimum atomic E-state index is -2.24. The van der Waals surface area contributed by atoms with Crippen molar-refractivity contribution in [1.29, 1.82) is 0 Å². The van der Waals surface area contributed by atoms with Crippen LogP contribution < -0.4 is 66.7 Å². The molecule has 5 amide bonds. The molecular formula is C55H101N15O29S. The van der Waals surface area contributed by atoms with Crippen molar-refractivity contribution in [2.45, 2.75) is 230 Å². The van der Waals surface area contributed by atoms with Crippen molar-refractivity contribution in [2.24, 2.45) is 55.1 Å². The number of carboxylic acids is 1. The van der Waals surface area contributed by atoms with E-state index in [1.807, 2.05) is 0 Å². The van der Waals surface area contributed by atoms with Gasteiger partial charge in [0.2, 0.25) is 29.5 Å². The third kappa shape index (κ3) is 24.9. The van der Waals surface area contributed by atoms with Gasteiger partial charge in [-0.15, -0.1) is 0 Å². The summed E-state index contributed by atoms with van der Waals surface area (Å²) in [5.74, 6) is -8.23. The predicted molar refractivity (Wildman–Crippen MR) is 342 cm³/mol. The summed E-state index contributed by atoms with van der Waals surface area (Å²) < 4.78 is 45.6. The molecule has 0 aliphatic carbocycles. The Morgan fingerprint density at radius 3 is 1.08 bits per heavy atom. The predicted octanol–water partition coefficient (Wildman–Crippen LogP) is -15.2. The molecule has 4 rings (SSSR count). The van der Waals surface area contributed by atoms with Gasteiger partial charge in [-0.1, -0.05) is 0 Å². The average molecular weight is 1470 g/mol. The number of aliphatic carboxylic acids is 1. The van der Waals surface area contributed by atoms with E-state index in [-0.39, 0.29) is 70.1 Å². The second-order valence-electron chi connectivity index (χ2n) is 23.9. The number of carbonyl (C=O) groups is 6. The number of rotatable bonds is 40. The zero-order valence-corrected chi connectivity index (χ0v) is 55.8. The molecule has 34 N–H and O–H groups in total. The number of ether oxygens (including phenoxy) is 8. The highest BCUT2D eigenvalue weighted by Crippen LogP contribution is 2.33. The SMILES string of the molecule is CSCC[C@H](N)C(=O)N[C@@H](CCCN=C(N)N)C(=O)N[C@H](C(=O)N[C@@H](CCCN=C(N)N)C(=O)N[C@H](C(=O)N[C@@H](CCCN=C(N)N)C(=O)O)[C@@H](C)O[C@H]1O[C@H](CO)[C@@H](O[C@@H]2O[C@H](CO)[C@H](O)[C@H](O)[C@H]2O)[C@H](O)[C@H]1O)[C@@H](C)O[C@H]1O[C@H](CO)[C@@H](O[C@@H]2O[C@H](CO)[C@H](O)[C@H](O)[C@H]2O)[C@H](O)[C@H]1O. The van der Waals surface area contributed by atoms with Gasteiger partial charge in [-0.2, -0.15) is 11.8 Å². The Balaban J connectivity index is 1.80. The number of hydrogen-bond donors (Lipinski definition) is 27. The van der Waals surface area contributed by atoms with E-state index in [1.165, 1.54) is 11.8 Å². The highest BCUT2D eigenvalue weighted by molar-refractivity contribution is 7.98. The Bertz CT molecular complexity index is 2660. The van der Waals surface area contributed by atoms with Crippen molar-refractivity contribution in [2.75, 3.05) is 58.1 Å². The Morgan fingerprint density at radius 1 is 0.430 bits per heavy atom. The molecule has 4 aliphatic heterocycles. The van der Waals surface area contributed by atoms with Crippen LogP contribution in [0.15, 0.2) is 15.0 Å². The van der Waals surface area contributed by atoms with Gasteiger partial charge in [0.25, 0.3) is 0 Å². The van der Waals surface area contributed by atoms with Crippen LogP contribution in [-0.4, -0.2) is 359 Å². The van der Waals surface area contributed by atoms with Gasteiger partial charge in [0.15, 0.2) is 43.0 Å². The summed E-state index contributed by atoms with van der Waals surface area (Å²) in [5, 5.41) is 172. The molecule has 0 radical (unpaired) electrons. The first kappa shape index (κ1) is 86.5. The fourth-order valence-electron chi connectivity index (χ4n) is 10.7. The lowest BCUT2D eigenvalue weighted by Gasteiger charge is -2.46. The summed E-state index contributed by atoms with van der Waals surface area (Å²) in [5.41, 5.74) is 39.2. The number of carboxylic acid groups (broad SMARTS) is 1. The van der Waals surface area contributed by atoms with Crippen molar-refractivity contribution in [3.8, 4) is 0 Å². The number of nitrogens with zero attached hydrogens (tertiary/aromatic N) is 3. The lowest BCUT2D eigenvalue weighted by molar-refractivity contribution is -0.362. The highest BCUT2D eigenvalue weighted by atomic mass is 32.2. The van der Waals surface area contributed by atoms with E-state index in [0.717, 1.165) is 13.8 Å². The van der Waals surface area contributed by atoms with Gasteiger partial charge in [0.1, 0.15) is 128 Å². The third-order valence-electron chi connectivity index (χ3n) is 16.4. The fourth-order valence-corrected chi connectivity index (χ4v) is 11.2. The molecule has 4 saturated heterocycles.